The molecule has 0 saturated heterocycles. The van der Waals surface area contributed by atoms with Crippen molar-refractivity contribution in [1.29, 1.82) is 0 Å². The van der Waals surface area contributed by atoms with Crippen molar-refractivity contribution in [3.63, 3.8) is 0 Å². The number of guanidine groups is 1. The molecule has 10 heteroatoms. The Morgan fingerprint density at radius 2 is 2.10 bits per heavy atom. The van der Waals surface area contributed by atoms with Gasteiger partial charge in [0.1, 0.15) is 0 Å². The molecule has 1 rings (SSSR count). The van der Waals surface area contributed by atoms with Crippen LogP contribution in [-0.4, -0.2) is 52.7 Å². The molecule has 0 aliphatic heterocycles. The monoisotopic (exact) mass is 510 g/mol. The van der Waals surface area contributed by atoms with Gasteiger partial charge in [-0.3, -0.25) is 4.99 Å². The summed E-state index contributed by atoms with van der Waals surface area (Å²) in [4.78, 5) is 7.38. The van der Waals surface area contributed by atoms with E-state index in [9.17, 15) is 8.42 Å². The van der Waals surface area contributed by atoms with Crippen molar-refractivity contribution in [3.8, 4) is 0 Å². The van der Waals surface area contributed by atoms with Crippen molar-refractivity contribution in [3.05, 3.63) is 20.8 Å². The number of hydrogen-bond donors (Lipinski definition) is 2. The number of rotatable bonds is 6. The molecule has 122 valence electrons. The van der Waals surface area contributed by atoms with Gasteiger partial charge in [0.15, 0.2) is 5.96 Å². The Balaban J connectivity index is 0.00000400. The van der Waals surface area contributed by atoms with Crippen molar-refractivity contribution >= 4 is 67.2 Å². The van der Waals surface area contributed by atoms with Crippen molar-refractivity contribution in [1.82, 2.24) is 14.9 Å². The van der Waals surface area contributed by atoms with E-state index in [-0.39, 0.29) is 24.0 Å². The zero-order valence-corrected chi connectivity index (χ0v) is 17.6. The Hall–Kier alpha value is 0.0900. The maximum atomic E-state index is 10.9. The molecule has 0 fully saturated rings. The molecule has 1 aromatic rings. The molecule has 2 N–H and O–H groups in total. The first kappa shape index (κ1) is 21.1. The minimum Gasteiger partial charge on any atom is -0.355 e. The van der Waals surface area contributed by atoms with Gasteiger partial charge < -0.3 is 10.2 Å². The third kappa shape index (κ3) is 8.96. The van der Waals surface area contributed by atoms with Crippen LogP contribution in [0.25, 0.3) is 0 Å². The minimum atomic E-state index is -3.14. The van der Waals surface area contributed by atoms with Crippen LogP contribution in [0.5, 0.6) is 0 Å². The Morgan fingerprint density at radius 3 is 2.57 bits per heavy atom. The maximum Gasteiger partial charge on any atom is 0.208 e. The van der Waals surface area contributed by atoms with Crippen molar-refractivity contribution in [2.75, 3.05) is 33.4 Å². The minimum absolute atomic E-state index is 0. The summed E-state index contributed by atoms with van der Waals surface area (Å²) >= 11 is 5.11. The predicted molar refractivity (Wildman–Crippen MR) is 103 cm³/mol. The molecular weight excluding hydrogens is 491 g/mol. The van der Waals surface area contributed by atoms with Gasteiger partial charge in [-0.1, -0.05) is 0 Å². The van der Waals surface area contributed by atoms with Gasteiger partial charge in [0.25, 0.3) is 0 Å². The topological polar surface area (TPSA) is 73.8 Å². The second kappa shape index (κ2) is 9.98. The molecule has 0 aliphatic carbocycles. The van der Waals surface area contributed by atoms with E-state index in [4.69, 9.17) is 0 Å². The Morgan fingerprint density at radius 1 is 1.43 bits per heavy atom. The van der Waals surface area contributed by atoms with Gasteiger partial charge in [0.2, 0.25) is 10.0 Å². The first-order chi connectivity index (χ1) is 9.31. The van der Waals surface area contributed by atoms with Gasteiger partial charge >= 0.3 is 0 Å². The number of nitrogens with zero attached hydrogens (tertiary/aromatic N) is 2. The number of hydrogen-bond acceptors (Lipinski definition) is 4. The average molecular weight is 511 g/mol. The molecule has 0 amide bonds. The summed E-state index contributed by atoms with van der Waals surface area (Å²) in [7, 11) is 0.497. The van der Waals surface area contributed by atoms with E-state index in [0.29, 0.717) is 13.1 Å². The van der Waals surface area contributed by atoms with Gasteiger partial charge in [-0.05, 0) is 28.1 Å². The lowest BCUT2D eigenvalue weighted by Crippen LogP contribution is -2.41. The Bertz CT molecular complexity index is 562. The molecule has 0 bridgehead atoms. The van der Waals surface area contributed by atoms with E-state index in [0.717, 1.165) is 22.5 Å². The Labute approximate surface area is 155 Å². The molecule has 0 spiro atoms. The summed E-state index contributed by atoms with van der Waals surface area (Å²) in [5.74, 6) is 0.727. The lowest BCUT2D eigenvalue weighted by molar-refractivity contribution is 0.481. The smallest absolute Gasteiger partial charge is 0.208 e. The van der Waals surface area contributed by atoms with Crippen molar-refractivity contribution < 1.29 is 8.42 Å². The first-order valence-corrected chi connectivity index (χ1v) is 9.42. The summed E-state index contributed by atoms with van der Waals surface area (Å²) in [6, 6.07) is 4.07. The van der Waals surface area contributed by atoms with Gasteiger partial charge in [0, 0.05) is 32.1 Å². The van der Waals surface area contributed by atoms with E-state index < -0.39 is 10.0 Å². The van der Waals surface area contributed by atoms with Crippen LogP contribution in [0.4, 0.5) is 0 Å². The number of nitrogens with one attached hydrogen (secondary N) is 2. The highest BCUT2D eigenvalue weighted by Gasteiger charge is 2.08. The first-order valence-electron chi connectivity index (χ1n) is 5.92. The van der Waals surface area contributed by atoms with E-state index in [2.05, 4.69) is 37.0 Å². The summed E-state index contributed by atoms with van der Waals surface area (Å²) < 4.78 is 25.4. The molecule has 0 unspecified atom stereocenters. The van der Waals surface area contributed by atoms with Gasteiger partial charge in [0.05, 0.1) is 16.6 Å². The maximum absolute atomic E-state index is 10.9. The molecular formula is C11H20BrIN4O2S2. The molecule has 0 aromatic carbocycles. The molecule has 0 aliphatic rings. The fraction of sp³-hybridized carbons (Fsp3) is 0.545. The fourth-order valence-electron chi connectivity index (χ4n) is 1.54. The van der Waals surface area contributed by atoms with E-state index in [1.165, 1.54) is 4.88 Å². The van der Waals surface area contributed by atoms with Gasteiger partial charge in [-0.2, -0.15) is 0 Å². The van der Waals surface area contributed by atoms with Crippen LogP contribution in [0, 0.1) is 0 Å². The van der Waals surface area contributed by atoms with Crippen molar-refractivity contribution in [2.45, 2.75) is 6.54 Å². The summed E-state index contributed by atoms with van der Waals surface area (Å²) in [5, 5.41) is 3.11. The molecule has 0 atom stereocenters. The second-order valence-corrected chi connectivity index (χ2v) is 8.58. The molecule has 6 nitrogen and oxygen atoms in total. The normalized spacial score (nSPS) is 11.9. The highest BCUT2D eigenvalue weighted by Crippen LogP contribution is 2.22. The lowest BCUT2D eigenvalue weighted by atomic mass is 10.4. The van der Waals surface area contributed by atoms with Crippen LogP contribution < -0.4 is 10.0 Å². The van der Waals surface area contributed by atoms with Crippen LogP contribution in [-0.2, 0) is 16.6 Å². The van der Waals surface area contributed by atoms with Crippen LogP contribution in [0.15, 0.2) is 20.9 Å². The summed E-state index contributed by atoms with van der Waals surface area (Å²) in [5.41, 5.74) is 0. The third-order valence-electron chi connectivity index (χ3n) is 2.37. The van der Waals surface area contributed by atoms with E-state index in [1.54, 1.807) is 18.4 Å². The lowest BCUT2D eigenvalue weighted by Gasteiger charge is -2.21. The number of aliphatic imine (C=N–C) groups is 1. The number of thiophene rings is 1. The van der Waals surface area contributed by atoms with Crippen molar-refractivity contribution in [2.24, 2.45) is 4.99 Å². The molecule has 21 heavy (non-hydrogen) atoms. The van der Waals surface area contributed by atoms with E-state index >= 15 is 0 Å². The SMILES string of the molecule is CN=C(NCCNS(C)(=O)=O)N(C)Cc1ccc(Br)s1.I. The molecule has 1 aromatic heterocycles. The van der Waals surface area contributed by atoms with Crippen LogP contribution >= 0.6 is 51.2 Å². The number of sulfonamides is 1. The quantitative estimate of drug-likeness (QED) is 0.264. The largest absolute Gasteiger partial charge is 0.355 e. The zero-order valence-electron chi connectivity index (χ0n) is 12.1. The second-order valence-electron chi connectivity index (χ2n) is 4.20. The molecule has 0 radical (unpaired) electrons. The number of halogens is 2. The van der Waals surface area contributed by atoms with Crippen LogP contribution in [0.2, 0.25) is 0 Å². The Kier molecular flexibility index (Phi) is 10.0. The molecule has 1 heterocycles. The highest BCUT2D eigenvalue weighted by molar-refractivity contribution is 14.0. The fourth-order valence-corrected chi connectivity index (χ4v) is 3.55. The zero-order chi connectivity index (χ0) is 15.2. The standard InChI is InChI=1S/C11H19BrN4O2S2.HI/c1-13-11(14-6-7-15-20(3,17)18)16(2)8-9-4-5-10(12)19-9;/h4-5,15H,6-8H2,1-3H3,(H,13,14);1H. The summed E-state index contributed by atoms with van der Waals surface area (Å²) in [6.07, 6.45) is 1.14. The van der Waals surface area contributed by atoms with Gasteiger partial charge in [-0.15, -0.1) is 35.3 Å². The summed E-state index contributed by atoms with van der Waals surface area (Å²) in [6.45, 7) is 1.56. The third-order valence-corrected chi connectivity index (χ3v) is 4.70. The van der Waals surface area contributed by atoms with Crippen LogP contribution in [0.3, 0.4) is 0 Å². The van der Waals surface area contributed by atoms with Gasteiger partial charge in [-0.25, -0.2) is 13.1 Å². The van der Waals surface area contributed by atoms with Crippen LogP contribution in [0.1, 0.15) is 4.88 Å². The molecule has 0 saturated carbocycles. The predicted octanol–water partition coefficient (Wildman–Crippen LogP) is 1.69. The highest BCUT2D eigenvalue weighted by atomic mass is 127. The average Bonchev–Trinajstić information content (AvgIpc) is 2.73. The van der Waals surface area contributed by atoms with E-state index in [1.807, 2.05) is 18.0 Å².